The van der Waals surface area contributed by atoms with Crippen molar-refractivity contribution in [1.29, 1.82) is 0 Å². The SMILES string of the molecule is CCCCCCC/C=C\C/C=C\CCCCCCCCCCCCCCCCCC(=O)OC(COC(=O)CCCCCCCCCCCCCCCCCCCCCCCCCCCC)COC(OCC[N+](C)(C)C)C(=O)[O-]. The van der Waals surface area contributed by atoms with Crippen LogP contribution in [0.4, 0.5) is 0 Å². The van der Waals surface area contributed by atoms with Crippen LogP contribution in [0.15, 0.2) is 24.3 Å². The summed E-state index contributed by atoms with van der Waals surface area (Å²) in [6.45, 7) is 4.81. The maximum atomic E-state index is 12.9. The quantitative estimate of drug-likeness (QED) is 0.0195. The van der Waals surface area contributed by atoms with Crippen molar-refractivity contribution >= 4 is 17.9 Å². The minimum absolute atomic E-state index is 0.151. The molecule has 0 N–H and O–H groups in total. The molecule has 2 atom stereocenters. The van der Waals surface area contributed by atoms with Gasteiger partial charge in [0.25, 0.3) is 0 Å². The van der Waals surface area contributed by atoms with Crippen LogP contribution < -0.4 is 5.11 Å². The first-order valence-electron chi connectivity index (χ1n) is 34.0. The molecule has 0 saturated heterocycles. The summed E-state index contributed by atoms with van der Waals surface area (Å²) in [7, 11) is 5.94. The summed E-state index contributed by atoms with van der Waals surface area (Å²) in [5.41, 5.74) is 0. The zero-order valence-electron chi connectivity index (χ0n) is 52.6. The fraction of sp³-hybridized carbons (Fsp3) is 0.899. The molecule has 0 heterocycles. The van der Waals surface area contributed by atoms with Gasteiger partial charge < -0.3 is 33.3 Å². The van der Waals surface area contributed by atoms with Gasteiger partial charge in [-0.3, -0.25) is 9.59 Å². The topological polar surface area (TPSA) is 111 Å². The Balaban J connectivity index is 4.09. The van der Waals surface area contributed by atoms with Gasteiger partial charge in [0.1, 0.15) is 13.2 Å². The Hall–Kier alpha value is -2.23. The molecule has 9 heteroatoms. The number of unbranched alkanes of at least 4 members (excludes halogenated alkanes) is 45. The molecule has 0 saturated carbocycles. The summed E-state index contributed by atoms with van der Waals surface area (Å²) < 4.78 is 22.8. The van der Waals surface area contributed by atoms with Crippen LogP contribution in [-0.4, -0.2) is 82.3 Å². The maximum Gasteiger partial charge on any atom is 0.306 e. The standard InChI is InChI=1S/C69H131NO8/c1-6-8-10-12-14-16-18-20-22-24-26-28-30-32-34-36-38-40-42-44-46-48-50-52-54-56-58-60-67(72)78-65(64-77-69(68(73)74)75-62-61-70(3,4)5)63-76-66(71)59-57-55-53-51-49-47-45-43-41-39-37-35-33-31-29-27-25-23-21-19-17-15-13-11-9-7-2/h18,20,24,26,65,69H,6-17,19,21-23,25,27-64H2,1-5H3/b20-18-,26-24-. The molecule has 0 aliphatic heterocycles. The van der Waals surface area contributed by atoms with Crippen molar-refractivity contribution in [3.63, 3.8) is 0 Å². The lowest BCUT2D eigenvalue weighted by molar-refractivity contribution is -0.870. The number of rotatable bonds is 64. The largest absolute Gasteiger partial charge is 0.545 e. The van der Waals surface area contributed by atoms with Gasteiger partial charge in [0.2, 0.25) is 0 Å². The minimum atomic E-state index is -1.62. The van der Waals surface area contributed by atoms with Gasteiger partial charge in [-0.2, -0.15) is 0 Å². The molecule has 0 rings (SSSR count). The number of allylic oxidation sites excluding steroid dienone is 4. The van der Waals surface area contributed by atoms with Crippen LogP contribution in [0.2, 0.25) is 0 Å². The Morgan fingerprint density at radius 2 is 0.692 bits per heavy atom. The zero-order chi connectivity index (χ0) is 56.9. The van der Waals surface area contributed by atoms with Crippen LogP contribution in [0.25, 0.3) is 0 Å². The van der Waals surface area contributed by atoms with E-state index in [0.717, 1.165) is 44.9 Å². The van der Waals surface area contributed by atoms with Gasteiger partial charge in [0.15, 0.2) is 12.4 Å². The maximum absolute atomic E-state index is 12.9. The summed E-state index contributed by atoms with van der Waals surface area (Å²) in [6, 6.07) is 0. The molecule has 9 nitrogen and oxygen atoms in total. The van der Waals surface area contributed by atoms with Crippen LogP contribution in [0.1, 0.15) is 341 Å². The fourth-order valence-corrected chi connectivity index (χ4v) is 10.2. The second-order valence-electron chi connectivity index (χ2n) is 24.5. The van der Waals surface area contributed by atoms with Gasteiger partial charge in [-0.15, -0.1) is 0 Å². The van der Waals surface area contributed by atoms with Crippen molar-refractivity contribution in [2.75, 3.05) is 47.5 Å². The molecular formula is C69H131NO8. The molecule has 0 aromatic rings. The van der Waals surface area contributed by atoms with Crippen molar-refractivity contribution in [2.45, 2.75) is 354 Å². The number of nitrogens with zero attached hydrogens (tertiary/aromatic N) is 1. The molecule has 0 aliphatic carbocycles. The van der Waals surface area contributed by atoms with Crippen molar-refractivity contribution in [3.05, 3.63) is 24.3 Å². The Morgan fingerprint density at radius 1 is 0.385 bits per heavy atom. The summed E-state index contributed by atoms with van der Waals surface area (Å²) in [5, 5.41) is 11.8. The fourth-order valence-electron chi connectivity index (χ4n) is 10.2. The van der Waals surface area contributed by atoms with E-state index < -0.39 is 24.3 Å². The molecular weight excluding hydrogens is 971 g/mol. The van der Waals surface area contributed by atoms with Gasteiger partial charge in [0.05, 0.1) is 40.3 Å². The van der Waals surface area contributed by atoms with Crippen LogP contribution >= 0.6 is 0 Å². The number of hydrogen-bond acceptors (Lipinski definition) is 8. The van der Waals surface area contributed by atoms with Gasteiger partial charge >= 0.3 is 11.9 Å². The van der Waals surface area contributed by atoms with E-state index in [1.807, 2.05) is 21.1 Å². The Kier molecular flexibility index (Phi) is 59.1. The number of esters is 2. The van der Waals surface area contributed by atoms with E-state index in [2.05, 4.69) is 38.2 Å². The highest BCUT2D eigenvalue weighted by molar-refractivity contribution is 5.70. The Labute approximate surface area is 484 Å². The van der Waals surface area contributed by atoms with Gasteiger partial charge in [-0.25, -0.2) is 0 Å². The van der Waals surface area contributed by atoms with E-state index in [0.29, 0.717) is 17.4 Å². The lowest BCUT2D eigenvalue weighted by Crippen LogP contribution is -2.44. The molecule has 2 unspecified atom stereocenters. The van der Waals surface area contributed by atoms with E-state index in [4.69, 9.17) is 18.9 Å². The number of aliphatic carboxylic acids is 1. The smallest absolute Gasteiger partial charge is 0.306 e. The van der Waals surface area contributed by atoms with Crippen molar-refractivity contribution < 1.29 is 42.9 Å². The highest BCUT2D eigenvalue weighted by atomic mass is 16.7. The average molecular weight is 1100 g/mol. The second-order valence-corrected chi connectivity index (χ2v) is 24.5. The van der Waals surface area contributed by atoms with Crippen LogP contribution in [0.3, 0.4) is 0 Å². The molecule has 0 bridgehead atoms. The third-order valence-corrected chi connectivity index (χ3v) is 15.5. The second kappa shape index (κ2) is 60.9. The zero-order valence-corrected chi connectivity index (χ0v) is 52.6. The number of carbonyl (C=O) groups excluding carboxylic acids is 3. The average Bonchev–Trinajstić information content (AvgIpc) is 3.41. The highest BCUT2D eigenvalue weighted by Crippen LogP contribution is 2.19. The van der Waals surface area contributed by atoms with Gasteiger partial charge in [0, 0.05) is 12.8 Å². The summed E-state index contributed by atoms with van der Waals surface area (Å²) in [5.74, 6) is -2.25. The van der Waals surface area contributed by atoms with Crippen LogP contribution in [-0.2, 0) is 33.3 Å². The lowest BCUT2D eigenvalue weighted by atomic mass is 10.0. The van der Waals surface area contributed by atoms with Gasteiger partial charge in [-0.1, -0.05) is 308 Å². The summed E-state index contributed by atoms with van der Waals surface area (Å²) in [6.07, 6.45) is 71.1. The number of carboxylic acid groups (broad SMARTS) is 1. The third kappa shape index (κ3) is 61.4. The predicted octanol–water partition coefficient (Wildman–Crippen LogP) is 19.3. The normalized spacial score (nSPS) is 12.8. The predicted molar refractivity (Wildman–Crippen MR) is 330 cm³/mol. The number of quaternary nitrogens is 1. The molecule has 0 aromatic carbocycles. The molecule has 0 radical (unpaired) electrons. The first kappa shape index (κ1) is 75.8. The first-order chi connectivity index (χ1) is 38.1. The van der Waals surface area contributed by atoms with Crippen molar-refractivity contribution in [2.24, 2.45) is 0 Å². The number of carboxylic acids is 1. The minimum Gasteiger partial charge on any atom is -0.545 e. The third-order valence-electron chi connectivity index (χ3n) is 15.5. The van der Waals surface area contributed by atoms with Gasteiger partial charge in [-0.05, 0) is 44.9 Å². The van der Waals surface area contributed by atoms with Crippen molar-refractivity contribution in [1.82, 2.24) is 0 Å². The Bertz CT molecular complexity index is 1330. The van der Waals surface area contributed by atoms with Crippen molar-refractivity contribution in [3.8, 4) is 0 Å². The van der Waals surface area contributed by atoms with E-state index in [1.165, 1.54) is 270 Å². The molecule has 0 aromatic heterocycles. The van der Waals surface area contributed by atoms with E-state index >= 15 is 0 Å². The van der Waals surface area contributed by atoms with Crippen LogP contribution in [0, 0.1) is 0 Å². The molecule has 0 aliphatic rings. The van der Waals surface area contributed by atoms with E-state index in [-0.39, 0.29) is 32.2 Å². The Morgan fingerprint density at radius 3 is 1.01 bits per heavy atom. The molecule has 0 spiro atoms. The van der Waals surface area contributed by atoms with Crippen LogP contribution in [0.5, 0.6) is 0 Å². The monoisotopic (exact) mass is 1100 g/mol. The lowest BCUT2D eigenvalue weighted by Gasteiger charge is -2.26. The van der Waals surface area contributed by atoms with E-state index in [1.54, 1.807) is 0 Å². The number of hydrogen-bond donors (Lipinski definition) is 0. The number of likely N-dealkylation sites (N-methyl/N-ethyl adjacent to an activating group) is 1. The molecule has 460 valence electrons. The molecule has 0 fully saturated rings. The summed E-state index contributed by atoms with van der Waals surface area (Å²) in [4.78, 5) is 37.4. The molecule has 0 amide bonds. The first-order valence-corrected chi connectivity index (χ1v) is 34.0. The van der Waals surface area contributed by atoms with E-state index in [9.17, 15) is 19.5 Å². The number of carbonyl (C=O) groups is 3. The molecule has 78 heavy (non-hydrogen) atoms. The summed E-state index contributed by atoms with van der Waals surface area (Å²) >= 11 is 0. The highest BCUT2D eigenvalue weighted by Gasteiger charge is 2.22. The number of ether oxygens (including phenoxy) is 4.